The highest BCUT2D eigenvalue weighted by Gasteiger charge is 2.09. The van der Waals surface area contributed by atoms with Crippen LogP contribution in [0.3, 0.4) is 0 Å². The van der Waals surface area contributed by atoms with Crippen LogP contribution >= 0.6 is 0 Å². The van der Waals surface area contributed by atoms with Gasteiger partial charge in [-0.25, -0.2) is 4.99 Å². The van der Waals surface area contributed by atoms with E-state index in [0.29, 0.717) is 11.3 Å². The van der Waals surface area contributed by atoms with Crippen molar-refractivity contribution in [1.82, 2.24) is 0 Å². The molecular weight excluding hydrogens is 160 g/mol. The molecule has 0 aliphatic carbocycles. The van der Waals surface area contributed by atoms with Crippen molar-refractivity contribution in [3.8, 4) is 0 Å². The van der Waals surface area contributed by atoms with Gasteiger partial charge in [-0.15, -0.1) is 0 Å². The van der Waals surface area contributed by atoms with Crippen molar-refractivity contribution in [3.05, 3.63) is 0 Å². The van der Waals surface area contributed by atoms with Gasteiger partial charge in [0.25, 0.3) is 0 Å². The van der Waals surface area contributed by atoms with Crippen molar-refractivity contribution < 1.29 is 0 Å². The predicted molar refractivity (Wildman–Crippen MR) is 60.8 cm³/mol. The van der Waals surface area contributed by atoms with Crippen LogP contribution in [0.2, 0.25) is 0 Å². The number of amidine groups is 1. The third-order valence-corrected chi connectivity index (χ3v) is 1.81. The maximum atomic E-state index is 4.41. The average molecular weight is 182 g/mol. The topological polar surface area (TPSA) is 24.7 Å². The van der Waals surface area contributed by atoms with E-state index in [1.165, 1.54) is 0 Å². The van der Waals surface area contributed by atoms with E-state index >= 15 is 0 Å². The second kappa shape index (κ2) is 5.15. The Morgan fingerprint density at radius 1 is 1.31 bits per heavy atom. The molecule has 76 valence electrons. The van der Waals surface area contributed by atoms with Crippen molar-refractivity contribution >= 4 is 12.6 Å². The fraction of sp³-hybridized carbons (Fsp3) is 0.818. The summed E-state index contributed by atoms with van der Waals surface area (Å²) in [5, 5.41) is 0. The first-order valence-electron chi connectivity index (χ1n) is 4.88. The van der Waals surface area contributed by atoms with Crippen molar-refractivity contribution in [2.75, 3.05) is 6.54 Å². The molecule has 0 aliphatic rings. The Bertz CT molecular complexity index is 185. The molecule has 0 radical (unpaired) electrons. The average Bonchev–Trinajstić information content (AvgIpc) is 1.95. The summed E-state index contributed by atoms with van der Waals surface area (Å²) in [6.45, 7) is 15.2. The zero-order chi connectivity index (χ0) is 10.5. The van der Waals surface area contributed by atoms with Crippen LogP contribution < -0.4 is 0 Å². The van der Waals surface area contributed by atoms with E-state index in [4.69, 9.17) is 0 Å². The first-order valence-corrected chi connectivity index (χ1v) is 4.88. The highest BCUT2D eigenvalue weighted by atomic mass is 14.9. The summed E-state index contributed by atoms with van der Waals surface area (Å²) in [5.41, 5.74) is 0.354. The minimum atomic E-state index is 0.354. The summed E-state index contributed by atoms with van der Waals surface area (Å²) in [5.74, 6) is 1.27. The SMILES string of the molecule is C=N/C(=N\CCC(C)(C)C)C(C)C. The van der Waals surface area contributed by atoms with Gasteiger partial charge < -0.3 is 0 Å². The Hall–Kier alpha value is -0.660. The molecule has 0 N–H and O–H groups in total. The number of aliphatic imine (C=N–C) groups is 2. The fourth-order valence-electron chi connectivity index (χ4n) is 0.921. The largest absolute Gasteiger partial charge is 0.270 e. The smallest absolute Gasteiger partial charge is 0.125 e. The lowest BCUT2D eigenvalue weighted by Crippen LogP contribution is -2.09. The Morgan fingerprint density at radius 3 is 2.15 bits per heavy atom. The van der Waals surface area contributed by atoms with Gasteiger partial charge in [-0.2, -0.15) is 0 Å². The van der Waals surface area contributed by atoms with E-state index in [9.17, 15) is 0 Å². The molecule has 0 aromatic heterocycles. The quantitative estimate of drug-likeness (QED) is 0.473. The summed E-state index contributed by atoms with van der Waals surface area (Å²) in [4.78, 5) is 8.32. The van der Waals surface area contributed by atoms with E-state index in [2.05, 4.69) is 51.3 Å². The van der Waals surface area contributed by atoms with Crippen molar-refractivity contribution in [2.45, 2.75) is 41.0 Å². The lowest BCUT2D eigenvalue weighted by atomic mass is 9.92. The predicted octanol–water partition coefficient (Wildman–Crippen LogP) is 3.18. The van der Waals surface area contributed by atoms with Gasteiger partial charge in [0.2, 0.25) is 0 Å². The van der Waals surface area contributed by atoms with Gasteiger partial charge in [-0.3, -0.25) is 4.99 Å². The first-order chi connectivity index (χ1) is 5.87. The molecule has 0 unspecified atom stereocenters. The molecule has 0 saturated heterocycles. The zero-order valence-electron chi connectivity index (χ0n) is 9.59. The molecule has 0 aromatic rings. The number of nitrogens with zero attached hydrogens (tertiary/aromatic N) is 2. The summed E-state index contributed by atoms with van der Waals surface area (Å²) in [7, 11) is 0. The molecule has 13 heavy (non-hydrogen) atoms. The van der Waals surface area contributed by atoms with Gasteiger partial charge >= 0.3 is 0 Å². The van der Waals surface area contributed by atoms with Crippen LogP contribution in [0.5, 0.6) is 0 Å². The third-order valence-electron chi connectivity index (χ3n) is 1.81. The Labute approximate surface area is 82.2 Å². The van der Waals surface area contributed by atoms with Gasteiger partial charge in [0.1, 0.15) is 5.84 Å². The molecule has 0 heterocycles. The van der Waals surface area contributed by atoms with Crippen LogP contribution in [-0.2, 0) is 0 Å². The Balaban J connectivity index is 4.02. The molecule has 2 heteroatoms. The van der Waals surface area contributed by atoms with E-state index in [-0.39, 0.29) is 0 Å². The molecule has 0 aliphatic heterocycles. The monoisotopic (exact) mass is 182 g/mol. The van der Waals surface area contributed by atoms with Crippen LogP contribution in [0.15, 0.2) is 9.98 Å². The van der Waals surface area contributed by atoms with Crippen LogP contribution in [0.25, 0.3) is 0 Å². The van der Waals surface area contributed by atoms with E-state index in [1.54, 1.807) is 0 Å². The van der Waals surface area contributed by atoms with Crippen LogP contribution in [0.4, 0.5) is 0 Å². The molecule has 0 saturated carbocycles. The van der Waals surface area contributed by atoms with E-state index in [0.717, 1.165) is 18.8 Å². The number of hydrogen-bond donors (Lipinski definition) is 0. The third kappa shape index (κ3) is 6.50. The van der Waals surface area contributed by atoms with Crippen LogP contribution in [0.1, 0.15) is 41.0 Å². The van der Waals surface area contributed by atoms with Crippen molar-refractivity contribution in [3.63, 3.8) is 0 Å². The summed E-state index contributed by atoms with van der Waals surface area (Å²) < 4.78 is 0. The van der Waals surface area contributed by atoms with Crippen LogP contribution in [-0.4, -0.2) is 19.1 Å². The summed E-state index contributed by atoms with van der Waals surface area (Å²) >= 11 is 0. The van der Waals surface area contributed by atoms with Crippen molar-refractivity contribution in [1.29, 1.82) is 0 Å². The first kappa shape index (κ1) is 12.3. The summed E-state index contributed by atoms with van der Waals surface area (Å²) in [6, 6.07) is 0. The molecule has 0 atom stereocenters. The molecule has 0 bridgehead atoms. The standard InChI is InChI=1S/C11H22N2/c1-9(2)10(12-6)13-8-7-11(3,4)5/h9H,6-8H2,1-5H3/b13-10-. The van der Waals surface area contributed by atoms with Gasteiger partial charge in [-0.05, 0) is 18.6 Å². The molecule has 0 aromatic carbocycles. The number of hydrogen-bond acceptors (Lipinski definition) is 1. The maximum Gasteiger partial charge on any atom is 0.125 e. The lowest BCUT2D eigenvalue weighted by molar-refractivity contribution is 0.385. The number of rotatable bonds is 3. The molecular formula is C11H22N2. The highest BCUT2D eigenvalue weighted by molar-refractivity contribution is 5.87. The maximum absolute atomic E-state index is 4.41. The summed E-state index contributed by atoms with van der Waals surface area (Å²) in [6.07, 6.45) is 1.10. The highest BCUT2D eigenvalue weighted by Crippen LogP contribution is 2.18. The molecule has 0 spiro atoms. The molecule has 0 rings (SSSR count). The molecule has 0 amide bonds. The van der Waals surface area contributed by atoms with E-state index in [1.807, 2.05) is 0 Å². The van der Waals surface area contributed by atoms with Crippen LogP contribution in [0, 0.1) is 11.3 Å². The minimum Gasteiger partial charge on any atom is -0.270 e. The minimum absolute atomic E-state index is 0.354. The second-order valence-corrected chi connectivity index (χ2v) is 4.86. The zero-order valence-corrected chi connectivity index (χ0v) is 9.59. The van der Waals surface area contributed by atoms with Gasteiger partial charge in [0.15, 0.2) is 0 Å². The molecule has 0 fully saturated rings. The van der Waals surface area contributed by atoms with Gasteiger partial charge in [0, 0.05) is 12.5 Å². The lowest BCUT2D eigenvalue weighted by Gasteiger charge is -2.16. The Kier molecular flexibility index (Phi) is 4.89. The van der Waals surface area contributed by atoms with Gasteiger partial charge in [-0.1, -0.05) is 34.6 Å². The van der Waals surface area contributed by atoms with E-state index < -0.39 is 0 Å². The van der Waals surface area contributed by atoms with Gasteiger partial charge in [0.05, 0.1) is 0 Å². The Morgan fingerprint density at radius 2 is 1.85 bits per heavy atom. The normalized spacial score (nSPS) is 13.5. The second-order valence-electron chi connectivity index (χ2n) is 4.86. The van der Waals surface area contributed by atoms with Crippen molar-refractivity contribution in [2.24, 2.45) is 21.3 Å². The fourth-order valence-corrected chi connectivity index (χ4v) is 0.921. The molecule has 2 nitrogen and oxygen atoms in total.